The third kappa shape index (κ3) is 3.33. The van der Waals surface area contributed by atoms with Crippen molar-refractivity contribution in [2.45, 2.75) is 18.6 Å². The van der Waals surface area contributed by atoms with Gasteiger partial charge in [-0.3, -0.25) is 4.79 Å². The predicted octanol–water partition coefficient (Wildman–Crippen LogP) is 2.15. The number of thioether (sulfide) groups is 1. The van der Waals surface area contributed by atoms with Gasteiger partial charge in [-0.1, -0.05) is 36.0 Å². The molecule has 0 spiro atoms. The summed E-state index contributed by atoms with van der Waals surface area (Å²) in [4.78, 5) is 10.4. The van der Waals surface area contributed by atoms with E-state index in [1.165, 1.54) is 0 Å². The number of aryl methyl sites for hydroxylation is 1. The first-order valence-corrected chi connectivity index (χ1v) is 6.35. The summed E-state index contributed by atoms with van der Waals surface area (Å²) in [5, 5.41) is 16.5. The van der Waals surface area contributed by atoms with Gasteiger partial charge in [0.2, 0.25) is 5.89 Å². The molecule has 1 aromatic carbocycles. The average molecular weight is 264 g/mol. The van der Waals surface area contributed by atoms with Gasteiger partial charge in [0.25, 0.3) is 5.22 Å². The number of nitrogens with zero attached hydrogens (tertiary/aromatic N) is 2. The Balaban J connectivity index is 2.02. The van der Waals surface area contributed by atoms with Crippen LogP contribution in [0.2, 0.25) is 0 Å². The van der Waals surface area contributed by atoms with Crippen LogP contribution in [0.15, 0.2) is 33.9 Å². The van der Waals surface area contributed by atoms with Crippen LogP contribution in [0.3, 0.4) is 0 Å². The van der Waals surface area contributed by atoms with E-state index in [0.29, 0.717) is 17.5 Å². The van der Waals surface area contributed by atoms with Crippen LogP contribution in [-0.4, -0.2) is 27.0 Å². The number of carboxylic acids is 1. The van der Waals surface area contributed by atoms with E-state index in [-0.39, 0.29) is 5.75 Å². The molecular formula is C12H12N2O3S. The number of aliphatic carboxylic acids is 1. The van der Waals surface area contributed by atoms with Gasteiger partial charge in [-0.15, -0.1) is 10.2 Å². The first kappa shape index (κ1) is 12.6. The molecule has 1 N–H and O–H groups in total. The fraction of sp³-hybridized carbons (Fsp3) is 0.250. The minimum Gasteiger partial charge on any atom is -0.481 e. The van der Waals surface area contributed by atoms with Crippen molar-refractivity contribution in [1.29, 1.82) is 0 Å². The second-order valence-electron chi connectivity index (χ2n) is 3.75. The summed E-state index contributed by atoms with van der Waals surface area (Å²) in [6, 6.07) is 7.95. The molecule has 6 heteroatoms. The highest BCUT2D eigenvalue weighted by atomic mass is 32.2. The monoisotopic (exact) mass is 264 g/mol. The lowest BCUT2D eigenvalue weighted by molar-refractivity contribution is -0.133. The lowest BCUT2D eigenvalue weighted by Crippen LogP contribution is -1.97. The van der Waals surface area contributed by atoms with Crippen molar-refractivity contribution >= 4 is 17.7 Å². The maximum absolute atomic E-state index is 10.4. The Kier molecular flexibility index (Phi) is 3.99. The molecule has 2 rings (SSSR count). The van der Waals surface area contributed by atoms with Crippen molar-refractivity contribution in [3.8, 4) is 0 Å². The topological polar surface area (TPSA) is 76.2 Å². The summed E-state index contributed by atoms with van der Waals surface area (Å²) >= 11 is 1.02. The SMILES string of the molecule is Cc1ccccc1Cc1nnc(SCC(=O)O)o1. The lowest BCUT2D eigenvalue weighted by Gasteiger charge is -2.00. The second kappa shape index (κ2) is 5.68. The Hall–Kier alpha value is -1.82. The van der Waals surface area contributed by atoms with E-state index in [4.69, 9.17) is 9.52 Å². The predicted molar refractivity (Wildman–Crippen MR) is 66.6 cm³/mol. The first-order valence-electron chi connectivity index (χ1n) is 5.36. The van der Waals surface area contributed by atoms with Crippen molar-refractivity contribution in [3.63, 3.8) is 0 Å². The summed E-state index contributed by atoms with van der Waals surface area (Å²) < 4.78 is 5.37. The van der Waals surface area contributed by atoms with E-state index in [1.807, 2.05) is 31.2 Å². The van der Waals surface area contributed by atoms with E-state index < -0.39 is 5.97 Å². The maximum atomic E-state index is 10.4. The first-order chi connectivity index (χ1) is 8.65. The molecule has 0 unspecified atom stereocenters. The highest BCUT2D eigenvalue weighted by molar-refractivity contribution is 7.99. The Labute approximate surface area is 108 Å². The number of carbonyl (C=O) groups is 1. The molecule has 0 aliphatic carbocycles. The van der Waals surface area contributed by atoms with Gasteiger partial charge in [-0.25, -0.2) is 0 Å². The molecule has 2 aromatic rings. The van der Waals surface area contributed by atoms with Crippen molar-refractivity contribution in [2.75, 3.05) is 5.75 Å². The minimum absolute atomic E-state index is 0.0774. The number of benzene rings is 1. The number of carboxylic acid groups (broad SMARTS) is 1. The fourth-order valence-corrected chi connectivity index (χ4v) is 1.96. The summed E-state index contributed by atoms with van der Waals surface area (Å²) in [5.41, 5.74) is 2.28. The average Bonchev–Trinajstić information content (AvgIpc) is 2.77. The minimum atomic E-state index is -0.904. The van der Waals surface area contributed by atoms with E-state index >= 15 is 0 Å². The third-order valence-electron chi connectivity index (χ3n) is 2.37. The zero-order chi connectivity index (χ0) is 13.0. The van der Waals surface area contributed by atoms with E-state index in [0.717, 1.165) is 22.9 Å². The van der Waals surface area contributed by atoms with Gasteiger partial charge in [-0.05, 0) is 18.1 Å². The smallest absolute Gasteiger partial charge is 0.314 e. The molecular weight excluding hydrogens is 252 g/mol. The largest absolute Gasteiger partial charge is 0.481 e. The summed E-state index contributed by atoms with van der Waals surface area (Å²) in [7, 11) is 0. The number of hydrogen-bond acceptors (Lipinski definition) is 5. The van der Waals surface area contributed by atoms with Gasteiger partial charge in [-0.2, -0.15) is 0 Å². The quantitative estimate of drug-likeness (QED) is 0.834. The molecule has 0 aliphatic rings. The second-order valence-corrected chi connectivity index (χ2v) is 4.67. The van der Waals surface area contributed by atoms with Crippen LogP contribution in [0, 0.1) is 6.92 Å². The van der Waals surface area contributed by atoms with Gasteiger partial charge < -0.3 is 9.52 Å². The molecule has 0 saturated heterocycles. The van der Waals surface area contributed by atoms with Crippen molar-refractivity contribution < 1.29 is 14.3 Å². The number of aromatic nitrogens is 2. The fourth-order valence-electron chi connectivity index (χ4n) is 1.46. The molecule has 0 radical (unpaired) electrons. The van der Waals surface area contributed by atoms with Crippen LogP contribution in [0.5, 0.6) is 0 Å². The number of rotatable bonds is 5. The van der Waals surface area contributed by atoms with Crippen LogP contribution in [-0.2, 0) is 11.2 Å². The summed E-state index contributed by atoms with van der Waals surface area (Å²) in [6.45, 7) is 2.02. The Bertz CT molecular complexity index is 554. The lowest BCUT2D eigenvalue weighted by atomic mass is 10.1. The molecule has 5 nitrogen and oxygen atoms in total. The van der Waals surface area contributed by atoms with Crippen LogP contribution in [0.25, 0.3) is 0 Å². The maximum Gasteiger partial charge on any atom is 0.314 e. The Morgan fingerprint density at radius 1 is 1.39 bits per heavy atom. The van der Waals surface area contributed by atoms with Crippen molar-refractivity contribution in [1.82, 2.24) is 10.2 Å². The van der Waals surface area contributed by atoms with Crippen molar-refractivity contribution in [3.05, 3.63) is 41.3 Å². The molecule has 0 atom stereocenters. The molecule has 1 aromatic heterocycles. The molecule has 0 amide bonds. The van der Waals surface area contributed by atoms with Crippen molar-refractivity contribution in [2.24, 2.45) is 0 Å². The molecule has 0 fully saturated rings. The molecule has 94 valence electrons. The third-order valence-corrected chi connectivity index (χ3v) is 3.17. The van der Waals surface area contributed by atoms with Gasteiger partial charge in [0.05, 0.1) is 6.42 Å². The molecule has 0 saturated carbocycles. The Morgan fingerprint density at radius 3 is 2.89 bits per heavy atom. The van der Waals surface area contributed by atoms with Crippen LogP contribution in [0.4, 0.5) is 0 Å². The highest BCUT2D eigenvalue weighted by Gasteiger charge is 2.10. The molecule has 18 heavy (non-hydrogen) atoms. The summed E-state index contributed by atoms with van der Waals surface area (Å²) in [5.74, 6) is -0.484. The van der Waals surface area contributed by atoms with E-state index in [1.54, 1.807) is 0 Å². The van der Waals surface area contributed by atoms with Gasteiger partial charge in [0, 0.05) is 0 Å². The van der Waals surface area contributed by atoms with Gasteiger partial charge in [0.15, 0.2) is 0 Å². The standard InChI is InChI=1S/C12H12N2O3S/c1-8-4-2-3-5-9(8)6-10-13-14-12(17-10)18-7-11(15)16/h2-5H,6-7H2,1H3,(H,15,16). The zero-order valence-corrected chi connectivity index (χ0v) is 10.6. The van der Waals surface area contributed by atoms with Crippen LogP contribution < -0.4 is 0 Å². The highest BCUT2D eigenvalue weighted by Crippen LogP contribution is 2.18. The van der Waals surface area contributed by atoms with Crippen LogP contribution >= 0.6 is 11.8 Å². The summed E-state index contributed by atoms with van der Waals surface area (Å²) in [6.07, 6.45) is 0.563. The molecule has 0 aliphatic heterocycles. The molecule has 1 heterocycles. The van der Waals surface area contributed by atoms with E-state index in [2.05, 4.69) is 10.2 Å². The van der Waals surface area contributed by atoms with Gasteiger partial charge in [0.1, 0.15) is 5.75 Å². The molecule has 0 bridgehead atoms. The van der Waals surface area contributed by atoms with E-state index in [9.17, 15) is 4.79 Å². The van der Waals surface area contributed by atoms with Gasteiger partial charge >= 0.3 is 5.97 Å². The zero-order valence-electron chi connectivity index (χ0n) is 9.79. The normalized spacial score (nSPS) is 10.5. The van der Waals surface area contributed by atoms with Crippen LogP contribution in [0.1, 0.15) is 17.0 Å². The Morgan fingerprint density at radius 2 is 2.17 bits per heavy atom. The number of hydrogen-bond donors (Lipinski definition) is 1.